The molecule has 138 valence electrons. The van der Waals surface area contributed by atoms with Crippen LogP contribution < -0.4 is 16.6 Å². The fraction of sp³-hybridized carbons (Fsp3) is 0.438. The second-order valence-corrected chi connectivity index (χ2v) is 5.66. The van der Waals surface area contributed by atoms with Crippen LogP contribution in [0.2, 0.25) is 0 Å². The van der Waals surface area contributed by atoms with E-state index in [4.69, 9.17) is 10.8 Å². The van der Waals surface area contributed by atoms with E-state index in [1.54, 1.807) is 24.3 Å². The van der Waals surface area contributed by atoms with Crippen molar-refractivity contribution in [2.75, 3.05) is 5.73 Å². The van der Waals surface area contributed by atoms with Crippen molar-refractivity contribution in [3.8, 4) is 0 Å². The van der Waals surface area contributed by atoms with Crippen molar-refractivity contribution < 1.29 is 29.7 Å². The molecule has 0 radical (unpaired) electrons. The van der Waals surface area contributed by atoms with E-state index in [0.29, 0.717) is 18.5 Å². The first-order valence-electron chi connectivity index (χ1n) is 7.82. The normalized spacial score (nSPS) is 13.1. The number of hydrazine groups is 1. The fourth-order valence-corrected chi connectivity index (χ4v) is 2.17. The molecule has 1 aromatic rings. The Balaban J connectivity index is 2.54. The maximum atomic E-state index is 11.3. The number of hydrogen-bond acceptors (Lipinski definition) is 6. The lowest BCUT2D eigenvalue weighted by atomic mass is 10.1. The summed E-state index contributed by atoms with van der Waals surface area (Å²) in [5.41, 5.74) is 11.9. The quantitative estimate of drug-likeness (QED) is 0.178. The average molecular weight is 353 g/mol. The summed E-state index contributed by atoms with van der Waals surface area (Å²) in [5.74, 6) is -3.20. The van der Waals surface area contributed by atoms with Crippen molar-refractivity contribution in [2.45, 2.75) is 44.2 Å². The van der Waals surface area contributed by atoms with E-state index in [1.807, 2.05) is 0 Å². The molecule has 0 aliphatic carbocycles. The smallest absolute Gasteiger partial charge is 0.322 e. The molecule has 2 atom stereocenters. The Morgan fingerprint density at radius 3 is 2.00 bits per heavy atom. The van der Waals surface area contributed by atoms with Gasteiger partial charge in [0.2, 0.25) is 0 Å². The van der Waals surface area contributed by atoms with Crippen LogP contribution in [-0.2, 0) is 20.8 Å². The summed E-state index contributed by atoms with van der Waals surface area (Å²) < 4.78 is 0. The van der Waals surface area contributed by atoms with Crippen LogP contribution in [0.4, 0.5) is 5.69 Å². The number of unbranched alkanes of at least 4 members (excludes halogenated alkanes) is 1. The Hall–Kier alpha value is -2.65. The Morgan fingerprint density at radius 2 is 1.48 bits per heavy atom. The van der Waals surface area contributed by atoms with Gasteiger partial charge in [-0.1, -0.05) is 18.6 Å². The first-order chi connectivity index (χ1) is 11.8. The summed E-state index contributed by atoms with van der Waals surface area (Å²) in [4.78, 5) is 33.0. The molecule has 0 amide bonds. The van der Waals surface area contributed by atoms with Gasteiger partial charge in [0.1, 0.15) is 12.1 Å². The molecule has 1 rings (SSSR count). The minimum Gasteiger partial charge on any atom is -0.481 e. The lowest BCUT2D eigenvalue weighted by molar-refractivity contribution is -0.143. The highest BCUT2D eigenvalue weighted by Crippen LogP contribution is 2.09. The van der Waals surface area contributed by atoms with E-state index in [-0.39, 0.29) is 19.3 Å². The van der Waals surface area contributed by atoms with Crippen LogP contribution in [0, 0.1) is 0 Å². The molecule has 1 aromatic carbocycles. The zero-order valence-corrected chi connectivity index (χ0v) is 13.6. The van der Waals surface area contributed by atoms with Crippen molar-refractivity contribution >= 4 is 23.6 Å². The third kappa shape index (κ3) is 8.13. The maximum Gasteiger partial charge on any atom is 0.322 e. The lowest BCUT2D eigenvalue weighted by Gasteiger charge is -2.20. The van der Waals surface area contributed by atoms with Crippen LogP contribution in [-0.4, -0.2) is 45.3 Å². The highest BCUT2D eigenvalue weighted by atomic mass is 16.4. The molecule has 7 N–H and O–H groups in total. The van der Waals surface area contributed by atoms with Crippen LogP contribution in [0.1, 0.15) is 31.2 Å². The SMILES string of the molecule is Nc1ccc(C[C@H](NNC(CCCCC(=O)O)C(=O)O)C(=O)O)cc1. The van der Waals surface area contributed by atoms with Gasteiger partial charge in [0.25, 0.3) is 0 Å². The summed E-state index contributed by atoms with van der Waals surface area (Å²) in [6.07, 6.45) is 1.05. The zero-order chi connectivity index (χ0) is 18.8. The monoisotopic (exact) mass is 353 g/mol. The maximum absolute atomic E-state index is 11.3. The summed E-state index contributed by atoms with van der Waals surface area (Å²) in [6.45, 7) is 0. The topological polar surface area (TPSA) is 162 Å². The third-order valence-electron chi connectivity index (χ3n) is 3.58. The highest BCUT2D eigenvalue weighted by molar-refractivity contribution is 5.75. The second-order valence-electron chi connectivity index (χ2n) is 5.66. The summed E-state index contributed by atoms with van der Waals surface area (Å²) >= 11 is 0. The number of hydrogen-bond donors (Lipinski definition) is 6. The molecule has 0 saturated heterocycles. The molecule has 1 unspecified atom stereocenters. The van der Waals surface area contributed by atoms with Gasteiger partial charge in [0.05, 0.1) is 0 Å². The first-order valence-corrected chi connectivity index (χ1v) is 7.82. The zero-order valence-electron chi connectivity index (χ0n) is 13.6. The summed E-state index contributed by atoms with van der Waals surface area (Å²) in [6, 6.07) is 4.68. The van der Waals surface area contributed by atoms with Crippen LogP contribution >= 0.6 is 0 Å². The van der Waals surface area contributed by atoms with Gasteiger partial charge in [-0.25, -0.2) is 10.9 Å². The second kappa shape index (κ2) is 10.3. The van der Waals surface area contributed by atoms with Crippen molar-refractivity contribution in [1.29, 1.82) is 0 Å². The number of aliphatic carboxylic acids is 3. The summed E-state index contributed by atoms with van der Waals surface area (Å²) in [7, 11) is 0. The number of carboxylic acid groups (broad SMARTS) is 3. The number of nitrogen functional groups attached to an aromatic ring is 1. The van der Waals surface area contributed by atoms with E-state index in [1.165, 1.54) is 0 Å². The van der Waals surface area contributed by atoms with Crippen LogP contribution in [0.25, 0.3) is 0 Å². The van der Waals surface area contributed by atoms with E-state index in [9.17, 15) is 24.6 Å². The molecule has 0 heterocycles. The Labute approximate surface area is 144 Å². The first kappa shape index (κ1) is 20.4. The van der Waals surface area contributed by atoms with Gasteiger partial charge in [-0.3, -0.25) is 14.4 Å². The molecule has 25 heavy (non-hydrogen) atoms. The average Bonchev–Trinajstić information content (AvgIpc) is 2.53. The number of carbonyl (C=O) groups is 3. The predicted molar refractivity (Wildman–Crippen MR) is 89.8 cm³/mol. The molecule has 0 aromatic heterocycles. The van der Waals surface area contributed by atoms with E-state index >= 15 is 0 Å². The lowest BCUT2D eigenvalue weighted by Crippen LogP contribution is -2.53. The number of benzene rings is 1. The molecule has 0 aliphatic heterocycles. The molecule has 0 aliphatic rings. The van der Waals surface area contributed by atoms with E-state index in [2.05, 4.69) is 10.9 Å². The van der Waals surface area contributed by atoms with Crippen molar-refractivity contribution in [2.24, 2.45) is 0 Å². The minimum atomic E-state index is -1.14. The molecule has 0 spiro atoms. The van der Waals surface area contributed by atoms with Gasteiger partial charge in [0.15, 0.2) is 0 Å². The predicted octanol–water partition coefficient (Wildman–Crippen LogP) is 0.457. The minimum absolute atomic E-state index is 0.0331. The fourth-order valence-electron chi connectivity index (χ4n) is 2.17. The molecular formula is C16H23N3O6. The molecule has 9 heteroatoms. The standard InChI is InChI=1S/C16H23N3O6/c17-11-7-5-10(6-8-11)9-13(16(24)25)19-18-12(15(22)23)3-1-2-4-14(20)21/h5-8,12-13,18-19H,1-4,9,17H2,(H,20,21)(H,22,23)(H,24,25)/t12?,13-/m0/s1. The molecule has 0 fully saturated rings. The summed E-state index contributed by atoms with van der Waals surface area (Å²) in [5, 5.41) is 27.0. The van der Waals surface area contributed by atoms with Crippen molar-refractivity contribution in [3.63, 3.8) is 0 Å². The Bertz CT molecular complexity index is 590. The highest BCUT2D eigenvalue weighted by Gasteiger charge is 2.22. The van der Waals surface area contributed by atoms with E-state index in [0.717, 1.165) is 5.56 Å². The molecule has 0 bridgehead atoms. The Morgan fingerprint density at radius 1 is 0.920 bits per heavy atom. The van der Waals surface area contributed by atoms with Crippen molar-refractivity contribution in [1.82, 2.24) is 10.9 Å². The van der Waals surface area contributed by atoms with Crippen LogP contribution in [0.5, 0.6) is 0 Å². The molecule has 0 saturated carbocycles. The number of nitrogens with one attached hydrogen (secondary N) is 2. The number of rotatable bonds is 12. The molecular weight excluding hydrogens is 330 g/mol. The number of anilines is 1. The number of carboxylic acids is 3. The van der Waals surface area contributed by atoms with Gasteiger partial charge in [-0.05, 0) is 37.0 Å². The van der Waals surface area contributed by atoms with Crippen LogP contribution in [0.15, 0.2) is 24.3 Å². The van der Waals surface area contributed by atoms with Gasteiger partial charge in [0, 0.05) is 12.1 Å². The van der Waals surface area contributed by atoms with E-state index < -0.39 is 30.0 Å². The van der Waals surface area contributed by atoms with Gasteiger partial charge >= 0.3 is 17.9 Å². The third-order valence-corrected chi connectivity index (χ3v) is 3.58. The Kier molecular flexibility index (Phi) is 8.37. The van der Waals surface area contributed by atoms with Gasteiger partial charge in [-0.15, -0.1) is 0 Å². The van der Waals surface area contributed by atoms with Crippen molar-refractivity contribution in [3.05, 3.63) is 29.8 Å². The van der Waals surface area contributed by atoms with Gasteiger partial charge in [-0.2, -0.15) is 0 Å². The van der Waals surface area contributed by atoms with Gasteiger partial charge < -0.3 is 21.1 Å². The van der Waals surface area contributed by atoms with Crippen LogP contribution in [0.3, 0.4) is 0 Å². The number of nitrogens with two attached hydrogens (primary N) is 1. The largest absolute Gasteiger partial charge is 0.481 e. The molecule has 9 nitrogen and oxygen atoms in total.